The van der Waals surface area contributed by atoms with E-state index in [0.717, 1.165) is 11.3 Å². The lowest BCUT2D eigenvalue weighted by Crippen LogP contribution is -2.30. The van der Waals surface area contributed by atoms with Crippen molar-refractivity contribution in [2.24, 2.45) is 0 Å². The highest BCUT2D eigenvalue weighted by atomic mass is 127. The van der Waals surface area contributed by atoms with Gasteiger partial charge in [-0.1, -0.05) is 30.3 Å². The molecule has 0 amide bonds. The summed E-state index contributed by atoms with van der Waals surface area (Å²) < 4.78 is 1.72. The molecule has 0 radical (unpaired) electrons. The van der Waals surface area contributed by atoms with Crippen LogP contribution in [0.3, 0.4) is 0 Å². The number of nitrogens with zero attached hydrogens (tertiary/aromatic N) is 3. The zero-order valence-corrected chi connectivity index (χ0v) is 13.7. The molecule has 2 aromatic heterocycles. The standard InChI is InChI=1S/C15H11IN4O2/c1-9-7-12(20-8-11(16)14(21)19-15(20)22)18-13(17-9)10-5-3-2-4-6-10/h2-8H,1H3,(H,19,21,22). The maximum atomic E-state index is 12.0. The second kappa shape index (κ2) is 5.84. The molecule has 0 aliphatic carbocycles. The largest absolute Gasteiger partial charge is 0.334 e. The van der Waals surface area contributed by atoms with Gasteiger partial charge in [-0.05, 0) is 29.5 Å². The highest BCUT2D eigenvalue weighted by Crippen LogP contribution is 2.16. The van der Waals surface area contributed by atoms with Crippen molar-refractivity contribution in [3.05, 3.63) is 72.7 Å². The molecular weight excluding hydrogens is 395 g/mol. The van der Waals surface area contributed by atoms with Crippen LogP contribution < -0.4 is 11.2 Å². The van der Waals surface area contributed by atoms with Crippen molar-refractivity contribution in [2.75, 3.05) is 0 Å². The Morgan fingerprint density at radius 1 is 1.14 bits per heavy atom. The van der Waals surface area contributed by atoms with E-state index in [9.17, 15) is 9.59 Å². The molecule has 0 fully saturated rings. The predicted molar refractivity (Wildman–Crippen MR) is 91.1 cm³/mol. The Morgan fingerprint density at radius 2 is 1.86 bits per heavy atom. The van der Waals surface area contributed by atoms with Gasteiger partial charge in [-0.3, -0.25) is 14.3 Å². The fourth-order valence-electron chi connectivity index (χ4n) is 2.01. The summed E-state index contributed by atoms with van der Waals surface area (Å²) in [7, 11) is 0. The summed E-state index contributed by atoms with van der Waals surface area (Å²) in [6.45, 7) is 1.83. The smallest absolute Gasteiger partial charge is 0.273 e. The zero-order valence-electron chi connectivity index (χ0n) is 11.6. The number of rotatable bonds is 2. The number of hydrogen-bond acceptors (Lipinski definition) is 4. The maximum absolute atomic E-state index is 12.0. The van der Waals surface area contributed by atoms with Gasteiger partial charge in [-0.15, -0.1) is 0 Å². The number of nitrogens with one attached hydrogen (secondary N) is 1. The van der Waals surface area contributed by atoms with Gasteiger partial charge in [-0.2, -0.15) is 0 Å². The monoisotopic (exact) mass is 406 g/mol. The van der Waals surface area contributed by atoms with Crippen LogP contribution in [0.15, 0.2) is 52.2 Å². The number of aromatic amines is 1. The molecule has 0 saturated heterocycles. The average Bonchev–Trinajstić information content (AvgIpc) is 2.51. The van der Waals surface area contributed by atoms with Gasteiger partial charge >= 0.3 is 5.69 Å². The number of H-pyrrole nitrogens is 1. The topological polar surface area (TPSA) is 80.6 Å². The summed E-state index contributed by atoms with van der Waals surface area (Å²) in [5, 5.41) is 0. The Labute approximate surface area is 139 Å². The first-order chi connectivity index (χ1) is 10.5. The van der Waals surface area contributed by atoms with Gasteiger partial charge in [0.05, 0.1) is 3.57 Å². The molecule has 2 heterocycles. The first-order valence-corrected chi connectivity index (χ1v) is 7.55. The summed E-state index contributed by atoms with van der Waals surface area (Å²) in [6, 6.07) is 11.2. The van der Waals surface area contributed by atoms with Crippen molar-refractivity contribution < 1.29 is 0 Å². The fraction of sp³-hybridized carbons (Fsp3) is 0.0667. The molecule has 1 aromatic carbocycles. The minimum absolute atomic E-state index is 0.407. The number of aryl methyl sites for hydroxylation is 1. The van der Waals surface area contributed by atoms with Crippen molar-refractivity contribution in [1.82, 2.24) is 19.5 Å². The van der Waals surface area contributed by atoms with E-state index in [2.05, 4.69) is 15.0 Å². The van der Waals surface area contributed by atoms with Crippen LogP contribution in [-0.2, 0) is 0 Å². The Hall–Kier alpha value is -2.29. The molecule has 7 heteroatoms. The lowest BCUT2D eigenvalue weighted by molar-refractivity contribution is 0.850. The Bertz CT molecular complexity index is 948. The van der Waals surface area contributed by atoms with Gasteiger partial charge in [0.15, 0.2) is 5.82 Å². The van der Waals surface area contributed by atoms with Gasteiger partial charge in [0, 0.05) is 23.5 Å². The van der Waals surface area contributed by atoms with Crippen LogP contribution in [0.25, 0.3) is 17.2 Å². The van der Waals surface area contributed by atoms with Gasteiger partial charge in [0.25, 0.3) is 5.56 Å². The van der Waals surface area contributed by atoms with Crippen molar-refractivity contribution in [1.29, 1.82) is 0 Å². The van der Waals surface area contributed by atoms with Gasteiger partial charge in [0.2, 0.25) is 0 Å². The number of halogens is 1. The first-order valence-electron chi connectivity index (χ1n) is 6.47. The van der Waals surface area contributed by atoms with E-state index in [0.29, 0.717) is 15.2 Å². The highest BCUT2D eigenvalue weighted by Gasteiger charge is 2.09. The second-order valence-electron chi connectivity index (χ2n) is 4.66. The van der Waals surface area contributed by atoms with Crippen molar-refractivity contribution >= 4 is 22.6 Å². The van der Waals surface area contributed by atoms with Crippen LogP contribution in [0, 0.1) is 10.5 Å². The SMILES string of the molecule is Cc1cc(-n2cc(I)c(=O)[nH]c2=O)nc(-c2ccccc2)n1. The first kappa shape index (κ1) is 14.6. The van der Waals surface area contributed by atoms with E-state index < -0.39 is 11.2 Å². The van der Waals surface area contributed by atoms with E-state index in [4.69, 9.17) is 0 Å². The van der Waals surface area contributed by atoms with Crippen LogP contribution in [0.5, 0.6) is 0 Å². The molecular formula is C15H11IN4O2. The molecule has 3 rings (SSSR count). The molecule has 0 aliphatic heterocycles. The number of benzene rings is 1. The quantitative estimate of drug-likeness (QED) is 0.660. The number of aromatic nitrogens is 4. The molecule has 0 bridgehead atoms. The molecule has 0 aliphatic rings. The third kappa shape index (κ3) is 2.84. The van der Waals surface area contributed by atoms with Crippen LogP contribution in [0.2, 0.25) is 0 Å². The van der Waals surface area contributed by atoms with E-state index in [-0.39, 0.29) is 0 Å². The molecule has 0 atom stereocenters. The van der Waals surface area contributed by atoms with Gasteiger partial charge in [-0.25, -0.2) is 14.8 Å². The van der Waals surface area contributed by atoms with Crippen LogP contribution in [0.4, 0.5) is 0 Å². The van der Waals surface area contributed by atoms with Crippen LogP contribution in [0.1, 0.15) is 5.69 Å². The lowest BCUT2D eigenvalue weighted by Gasteiger charge is -2.08. The molecule has 0 spiro atoms. The van der Waals surface area contributed by atoms with Crippen molar-refractivity contribution in [3.8, 4) is 17.2 Å². The molecule has 6 nitrogen and oxygen atoms in total. The molecule has 3 aromatic rings. The summed E-state index contributed by atoms with van der Waals surface area (Å²) in [5.41, 5.74) is 0.662. The van der Waals surface area contributed by atoms with Crippen LogP contribution in [-0.4, -0.2) is 19.5 Å². The Kier molecular flexibility index (Phi) is 3.88. The molecule has 1 N–H and O–H groups in total. The third-order valence-electron chi connectivity index (χ3n) is 3.02. The van der Waals surface area contributed by atoms with E-state index in [1.807, 2.05) is 59.8 Å². The average molecular weight is 406 g/mol. The molecule has 0 saturated carbocycles. The van der Waals surface area contributed by atoms with Gasteiger partial charge in [0.1, 0.15) is 5.82 Å². The lowest BCUT2D eigenvalue weighted by atomic mass is 10.2. The summed E-state index contributed by atoms with van der Waals surface area (Å²) in [4.78, 5) is 34.6. The Morgan fingerprint density at radius 3 is 2.59 bits per heavy atom. The van der Waals surface area contributed by atoms with Gasteiger partial charge < -0.3 is 0 Å². The van der Waals surface area contributed by atoms with E-state index in [1.165, 1.54) is 10.8 Å². The summed E-state index contributed by atoms with van der Waals surface area (Å²) in [6.07, 6.45) is 1.47. The van der Waals surface area contributed by atoms with E-state index >= 15 is 0 Å². The highest BCUT2D eigenvalue weighted by molar-refractivity contribution is 14.1. The maximum Gasteiger partial charge on any atom is 0.334 e. The zero-order chi connectivity index (χ0) is 15.7. The summed E-state index contributed by atoms with van der Waals surface area (Å²) in [5.74, 6) is 0.953. The predicted octanol–water partition coefficient (Wildman–Crippen LogP) is 1.90. The summed E-state index contributed by atoms with van der Waals surface area (Å²) >= 11 is 1.88. The fourth-order valence-corrected chi connectivity index (χ4v) is 2.42. The minimum Gasteiger partial charge on any atom is -0.273 e. The Balaban J connectivity index is 2.21. The minimum atomic E-state index is -0.525. The molecule has 110 valence electrons. The number of hydrogen-bond donors (Lipinski definition) is 1. The second-order valence-corrected chi connectivity index (χ2v) is 5.83. The van der Waals surface area contributed by atoms with E-state index in [1.54, 1.807) is 6.07 Å². The normalized spacial score (nSPS) is 10.6. The van der Waals surface area contributed by atoms with Crippen molar-refractivity contribution in [2.45, 2.75) is 6.92 Å². The molecule has 22 heavy (non-hydrogen) atoms. The third-order valence-corrected chi connectivity index (χ3v) is 3.79. The van der Waals surface area contributed by atoms with Crippen molar-refractivity contribution in [3.63, 3.8) is 0 Å². The molecule has 0 unspecified atom stereocenters. The van der Waals surface area contributed by atoms with Crippen LogP contribution >= 0.6 is 22.6 Å².